The van der Waals surface area contributed by atoms with Gasteiger partial charge in [-0.15, -0.1) is 0 Å². The van der Waals surface area contributed by atoms with Gasteiger partial charge in [0.05, 0.1) is 0 Å². The van der Waals surface area contributed by atoms with Crippen LogP contribution in [0.25, 0.3) is 0 Å². The van der Waals surface area contributed by atoms with E-state index < -0.39 is 0 Å². The van der Waals surface area contributed by atoms with Gasteiger partial charge in [-0.1, -0.05) is 0 Å². The number of benzene rings is 1. The maximum Gasteiger partial charge on any atom is 0.0368 e. The van der Waals surface area contributed by atoms with Crippen LogP contribution in [0.2, 0.25) is 0 Å². The van der Waals surface area contributed by atoms with E-state index in [0.29, 0.717) is 0 Å². The third kappa shape index (κ3) is 3.62. The van der Waals surface area contributed by atoms with Crippen LogP contribution in [0.5, 0.6) is 0 Å². The molecule has 4 nitrogen and oxygen atoms in total. The van der Waals surface area contributed by atoms with Crippen molar-refractivity contribution in [1.82, 2.24) is 4.90 Å². The minimum atomic E-state index is 0.811. The molecule has 1 aliphatic heterocycles. The minimum Gasteiger partial charge on any atom is -0.399 e. The number of nitrogen functional groups attached to an aromatic ring is 1. The molecule has 0 saturated carbocycles. The van der Waals surface area contributed by atoms with Crippen molar-refractivity contribution in [2.24, 2.45) is 5.73 Å². The molecule has 0 aliphatic carbocycles. The summed E-state index contributed by atoms with van der Waals surface area (Å²) in [7, 11) is 0. The standard InChI is InChI=1S/C14H24N4/c15-7-1-2-8-17-9-11-18(12-10-17)14-5-3-13(16)4-6-14/h3-6H,1-2,7-12,15-16H2. The van der Waals surface area contributed by atoms with Gasteiger partial charge in [0.1, 0.15) is 0 Å². The van der Waals surface area contributed by atoms with Gasteiger partial charge >= 0.3 is 0 Å². The molecule has 1 aliphatic rings. The Morgan fingerprint density at radius 2 is 1.61 bits per heavy atom. The third-order valence-electron chi connectivity index (χ3n) is 3.56. The van der Waals surface area contributed by atoms with E-state index >= 15 is 0 Å². The van der Waals surface area contributed by atoms with E-state index in [4.69, 9.17) is 11.5 Å². The van der Waals surface area contributed by atoms with E-state index in [0.717, 1.165) is 44.8 Å². The van der Waals surface area contributed by atoms with E-state index in [1.165, 1.54) is 18.7 Å². The summed E-state index contributed by atoms with van der Waals surface area (Å²) in [6.07, 6.45) is 2.36. The molecule has 1 aromatic carbocycles. The number of nitrogens with two attached hydrogens (primary N) is 2. The maximum atomic E-state index is 5.71. The van der Waals surface area contributed by atoms with Gasteiger partial charge in [0.25, 0.3) is 0 Å². The van der Waals surface area contributed by atoms with E-state index in [2.05, 4.69) is 21.9 Å². The largest absolute Gasteiger partial charge is 0.399 e. The molecule has 0 spiro atoms. The average Bonchev–Trinajstić information content (AvgIpc) is 2.41. The molecule has 4 heteroatoms. The molecule has 0 amide bonds. The Morgan fingerprint density at radius 1 is 0.944 bits per heavy atom. The summed E-state index contributed by atoms with van der Waals surface area (Å²) in [5.74, 6) is 0. The summed E-state index contributed by atoms with van der Waals surface area (Å²) >= 11 is 0. The molecule has 4 N–H and O–H groups in total. The Kier molecular flexibility index (Phi) is 4.84. The lowest BCUT2D eigenvalue weighted by Crippen LogP contribution is -2.46. The Balaban J connectivity index is 1.77. The lowest BCUT2D eigenvalue weighted by molar-refractivity contribution is 0.253. The van der Waals surface area contributed by atoms with Crippen molar-refractivity contribution in [3.8, 4) is 0 Å². The smallest absolute Gasteiger partial charge is 0.0368 e. The summed E-state index contributed by atoms with van der Waals surface area (Å²) in [6, 6.07) is 8.17. The molecule has 1 heterocycles. The van der Waals surface area contributed by atoms with Crippen LogP contribution >= 0.6 is 0 Å². The number of unbranched alkanes of at least 4 members (excludes halogenated alkanes) is 1. The fourth-order valence-corrected chi connectivity index (χ4v) is 2.39. The second-order valence-corrected chi connectivity index (χ2v) is 4.92. The van der Waals surface area contributed by atoms with Crippen molar-refractivity contribution >= 4 is 11.4 Å². The second kappa shape index (κ2) is 6.61. The van der Waals surface area contributed by atoms with Gasteiger partial charge in [0.15, 0.2) is 0 Å². The topological polar surface area (TPSA) is 58.5 Å². The first-order valence-corrected chi connectivity index (χ1v) is 6.82. The van der Waals surface area contributed by atoms with Gasteiger partial charge < -0.3 is 16.4 Å². The average molecular weight is 248 g/mol. The van der Waals surface area contributed by atoms with Crippen LogP contribution in [0.1, 0.15) is 12.8 Å². The number of nitrogens with zero attached hydrogens (tertiary/aromatic N) is 2. The number of hydrogen-bond acceptors (Lipinski definition) is 4. The Hall–Kier alpha value is -1.26. The quantitative estimate of drug-likeness (QED) is 0.606. The molecule has 0 aromatic heterocycles. The normalized spacial score (nSPS) is 17.1. The number of anilines is 2. The summed E-state index contributed by atoms with van der Waals surface area (Å²) < 4.78 is 0. The number of hydrogen-bond donors (Lipinski definition) is 2. The fraction of sp³-hybridized carbons (Fsp3) is 0.571. The van der Waals surface area contributed by atoms with Gasteiger partial charge in [0, 0.05) is 37.6 Å². The van der Waals surface area contributed by atoms with Gasteiger partial charge in [-0.25, -0.2) is 0 Å². The first-order valence-electron chi connectivity index (χ1n) is 6.82. The van der Waals surface area contributed by atoms with E-state index in [9.17, 15) is 0 Å². The maximum absolute atomic E-state index is 5.71. The van der Waals surface area contributed by atoms with Crippen LogP contribution < -0.4 is 16.4 Å². The molecular formula is C14H24N4. The van der Waals surface area contributed by atoms with E-state index in [1.54, 1.807) is 0 Å². The fourth-order valence-electron chi connectivity index (χ4n) is 2.39. The minimum absolute atomic E-state index is 0.811. The van der Waals surface area contributed by atoms with Crippen molar-refractivity contribution < 1.29 is 0 Å². The number of piperazine rings is 1. The van der Waals surface area contributed by atoms with Crippen LogP contribution in [-0.4, -0.2) is 44.2 Å². The lowest BCUT2D eigenvalue weighted by atomic mass is 10.2. The van der Waals surface area contributed by atoms with Gasteiger partial charge in [-0.3, -0.25) is 4.90 Å². The highest BCUT2D eigenvalue weighted by Crippen LogP contribution is 2.18. The molecule has 0 atom stereocenters. The molecule has 1 saturated heterocycles. The summed E-state index contributed by atoms with van der Waals surface area (Å²) in [4.78, 5) is 4.96. The number of rotatable bonds is 5. The van der Waals surface area contributed by atoms with Crippen LogP contribution in [0.15, 0.2) is 24.3 Å². The molecular weight excluding hydrogens is 224 g/mol. The molecule has 18 heavy (non-hydrogen) atoms. The van der Waals surface area contributed by atoms with Crippen molar-refractivity contribution in [3.63, 3.8) is 0 Å². The third-order valence-corrected chi connectivity index (χ3v) is 3.56. The van der Waals surface area contributed by atoms with Crippen molar-refractivity contribution in [2.45, 2.75) is 12.8 Å². The highest BCUT2D eigenvalue weighted by Gasteiger charge is 2.16. The first kappa shape index (κ1) is 13.2. The van der Waals surface area contributed by atoms with Crippen molar-refractivity contribution in [3.05, 3.63) is 24.3 Å². The van der Waals surface area contributed by atoms with Gasteiger partial charge in [-0.05, 0) is 50.2 Å². The van der Waals surface area contributed by atoms with Crippen molar-refractivity contribution in [1.29, 1.82) is 0 Å². The Labute approximate surface area is 110 Å². The van der Waals surface area contributed by atoms with E-state index in [1.807, 2.05) is 12.1 Å². The second-order valence-electron chi connectivity index (χ2n) is 4.92. The lowest BCUT2D eigenvalue weighted by Gasteiger charge is -2.36. The highest BCUT2D eigenvalue weighted by molar-refractivity contribution is 5.53. The Morgan fingerprint density at radius 3 is 2.22 bits per heavy atom. The summed E-state index contributed by atoms with van der Waals surface area (Å²) in [5, 5.41) is 0. The first-order chi connectivity index (χ1) is 8.79. The highest BCUT2D eigenvalue weighted by atomic mass is 15.3. The Bertz CT molecular complexity index is 341. The van der Waals surface area contributed by atoms with Gasteiger partial charge in [-0.2, -0.15) is 0 Å². The molecule has 2 rings (SSSR count). The molecule has 1 fully saturated rings. The zero-order valence-corrected chi connectivity index (χ0v) is 11.0. The molecule has 0 unspecified atom stereocenters. The van der Waals surface area contributed by atoms with Crippen LogP contribution in [0, 0.1) is 0 Å². The van der Waals surface area contributed by atoms with Crippen LogP contribution in [0.4, 0.5) is 11.4 Å². The van der Waals surface area contributed by atoms with Crippen molar-refractivity contribution in [2.75, 3.05) is 49.9 Å². The molecule has 0 radical (unpaired) electrons. The van der Waals surface area contributed by atoms with Crippen LogP contribution in [0.3, 0.4) is 0 Å². The zero-order chi connectivity index (χ0) is 12.8. The molecule has 1 aromatic rings. The molecule has 100 valence electrons. The SMILES string of the molecule is NCCCCN1CCN(c2ccc(N)cc2)CC1. The summed E-state index contributed by atoms with van der Waals surface area (Å²) in [5.41, 5.74) is 13.3. The zero-order valence-electron chi connectivity index (χ0n) is 11.0. The monoisotopic (exact) mass is 248 g/mol. The predicted octanol–water partition coefficient (Wildman–Crippen LogP) is 1.13. The van der Waals surface area contributed by atoms with Gasteiger partial charge in [0.2, 0.25) is 0 Å². The molecule has 0 bridgehead atoms. The predicted molar refractivity (Wildman–Crippen MR) is 77.8 cm³/mol. The summed E-state index contributed by atoms with van der Waals surface area (Å²) in [6.45, 7) is 6.50. The van der Waals surface area contributed by atoms with Crippen LogP contribution in [-0.2, 0) is 0 Å². The van der Waals surface area contributed by atoms with E-state index in [-0.39, 0.29) is 0 Å².